The molecule has 0 aromatic carbocycles. The molecule has 1 rings (SSSR count). The van der Waals surface area contributed by atoms with E-state index in [2.05, 4.69) is 46.4 Å². The van der Waals surface area contributed by atoms with Gasteiger partial charge in [0.15, 0.2) is 0 Å². The number of aliphatic hydroxyl groups excluding tert-OH is 1. The SMILES string of the molecule is CCC(CC)CN(CC)c1cc(CO)cc(C(C)(C)C)n1. The number of pyridine rings is 1. The Bertz CT molecular complexity index is 433. The van der Waals surface area contributed by atoms with E-state index in [0.717, 1.165) is 30.2 Å². The second-order valence-electron chi connectivity index (χ2n) is 6.85. The molecule has 1 N–H and O–H groups in total. The van der Waals surface area contributed by atoms with Crippen LogP contribution in [0, 0.1) is 5.92 Å². The molecule has 0 amide bonds. The molecule has 0 aliphatic carbocycles. The van der Waals surface area contributed by atoms with Crippen LogP contribution in [0.5, 0.6) is 0 Å². The molecule has 1 aromatic heterocycles. The summed E-state index contributed by atoms with van der Waals surface area (Å²) in [7, 11) is 0. The number of hydrogen-bond acceptors (Lipinski definition) is 3. The highest BCUT2D eigenvalue weighted by molar-refractivity contribution is 5.43. The van der Waals surface area contributed by atoms with Crippen LogP contribution in [0.4, 0.5) is 5.82 Å². The predicted octanol–water partition coefficient (Wildman–Crippen LogP) is 4.13. The van der Waals surface area contributed by atoms with Crippen LogP contribution >= 0.6 is 0 Å². The fourth-order valence-electron chi connectivity index (χ4n) is 2.45. The van der Waals surface area contributed by atoms with Gasteiger partial charge in [0.25, 0.3) is 0 Å². The van der Waals surface area contributed by atoms with Crippen molar-refractivity contribution in [3.05, 3.63) is 23.4 Å². The maximum absolute atomic E-state index is 9.53. The molecule has 0 aliphatic rings. The van der Waals surface area contributed by atoms with E-state index in [9.17, 15) is 5.11 Å². The molecule has 120 valence electrons. The van der Waals surface area contributed by atoms with Crippen molar-refractivity contribution >= 4 is 5.82 Å². The van der Waals surface area contributed by atoms with E-state index >= 15 is 0 Å². The van der Waals surface area contributed by atoms with Crippen molar-refractivity contribution < 1.29 is 5.11 Å². The van der Waals surface area contributed by atoms with E-state index in [1.807, 2.05) is 12.1 Å². The van der Waals surface area contributed by atoms with Gasteiger partial charge in [-0.3, -0.25) is 0 Å². The zero-order chi connectivity index (χ0) is 16.0. The molecule has 0 radical (unpaired) electrons. The van der Waals surface area contributed by atoms with Gasteiger partial charge < -0.3 is 10.0 Å². The molecule has 0 atom stereocenters. The average Bonchev–Trinajstić information content (AvgIpc) is 2.47. The highest BCUT2D eigenvalue weighted by atomic mass is 16.3. The van der Waals surface area contributed by atoms with Crippen LogP contribution in [0.2, 0.25) is 0 Å². The summed E-state index contributed by atoms with van der Waals surface area (Å²) in [6, 6.07) is 4.05. The average molecular weight is 292 g/mol. The molecule has 0 aliphatic heterocycles. The first-order valence-electron chi connectivity index (χ1n) is 8.22. The van der Waals surface area contributed by atoms with Crippen LogP contribution < -0.4 is 4.90 Å². The van der Waals surface area contributed by atoms with Crippen molar-refractivity contribution in [3.8, 4) is 0 Å². The van der Waals surface area contributed by atoms with Gasteiger partial charge in [0.05, 0.1) is 6.61 Å². The molecule has 0 spiro atoms. The Balaban J connectivity index is 3.13. The number of aromatic nitrogens is 1. The van der Waals surface area contributed by atoms with E-state index < -0.39 is 0 Å². The minimum atomic E-state index is -0.00570. The Hall–Kier alpha value is -1.09. The summed E-state index contributed by atoms with van der Waals surface area (Å²) in [5.41, 5.74) is 1.99. The Morgan fingerprint density at radius 3 is 2.19 bits per heavy atom. The van der Waals surface area contributed by atoms with Crippen molar-refractivity contribution in [2.75, 3.05) is 18.0 Å². The lowest BCUT2D eigenvalue weighted by atomic mass is 9.90. The van der Waals surface area contributed by atoms with Gasteiger partial charge in [-0.25, -0.2) is 4.98 Å². The summed E-state index contributed by atoms with van der Waals surface area (Å²) in [4.78, 5) is 7.20. The number of aliphatic hydroxyl groups is 1. The minimum absolute atomic E-state index is 0.00570. The van der Waals surface area contributed by atoms with Crippen LogP contribution in [0.1, 0.15) is 65.6 Å². The van der Waals surface area contributed by atoms with Crippen molar-refractivity contribution in [1.82, 2.24) is 4.98 Å². The van der Waals surface area contributed by atoms with Gasteiger partial charge in [0.1, 0.15) is 5.82 Å². The summed E-state index contributed by atoms with van der Waals surface area (Å²) < 4.78 is 0. The highest BCUT2D eigenvalue weighted by Gasteiger charge is 2.19. The van der Waals surface area contributed by atoms with Gasteiger partial charge in [-0.05, 0) is 30.5 Å². The van der Waals surface area contributed by atoms with E-state index in [1.165, 1.54) is 12.8 Å². The molecular weight excluding hydrogens is 260 g/mol. The lowest BCUT2D eigenvalue weighted by Gasteiger charge is -2.29. The van der Waals surface area contributed by atoms with Gasteiger partial charge in [-0.15, -0.1) is 0 Å². The van der Waals surface area contributed by atoms with Crippen LogP contribution in [-0.4, -0.2) is 23.2 Å². The Labute approximate surface area is 130 Å². The van der Waals surface area contributed by atoms with Crippen LogP contribution in [0.25, 0.3) is 0 Å². The first kappa shape index (κ1) is 18.0. The molecule has 0 fully saturated rings. The molecule has 0 unspecified atom stereocenters. The molecule has 0 saturated carbocycles. The van der Waals surface area contributed by atoms with Crippen LogP contribution in [-0.2, 0) is 12.0 Å². The third-order valence-electron chi connectivity index (χ3n) is 4.16. The largest absolute Gasteiger partial charge is 0.392 e. The zero-order valence-corrected chi connectivity index (χ0v) is 14.6. The lowest BCUT2D eigenvalue weighted by Crippen LogP contribution is -2.30. The van der Waals surface area contributed by atoms with E-state index in [0.29, 0.717) is 5.92 Å². The highest BCUT2D eigenvalue weighted by Crippen LogP contribution is 2.26. The molecule has 3 nitrogen and oxygen atoms in total. The molecule has 21 heavy (non-hydrogen) atoms. The second kappa shape index (κ2) is 7.79. The van der Waals surface area contributed by atoms with E-state index in [-0.39, 0.29) is 12.0 Å². The summed E-state index contributed by atoms with van der Waals surface area (Å²) in [5.74, 6) is 1.70. The van der Waals surface area contributed by atoms with Crippen LogP contribution in [0.3, 0.4) is 0 Å². The van der Waals surface area contributed by atoms with Gasteiger partial charge in [0.2, 0.25) is 0 Å². The number of anilines is 1. The van der Waals surface area contributed by atoms with Crippen molar-refractivity contribution in [1.29, 1.82) is 0 Å². The number of hydrogen-bond donors (Lipinski definition) is 1. The maximum atomic E-state index is 9.53. The third kappa shape index (κ3) is 4.99. The standard InChI is InChI=1S/C18H32N2O/c1-7-14(8-2)12-20(9-3)17-11-15(13-21)10-16(19-17)18(4,5)6/h10-11,14,21H,7-9,12-13H2,1-6H3. The van der Waals surface area contributed by atoms with Crippen LogP contribution in [0.15, 0.2) is 12.1 Å². The lowest BCUT2D eigenvalue weighted by molar-refractivity contribution is 0.281. The van der Waals surface area contributed by atoms with Gasteiger partial charge in [-0.2, -0.15) is 0 Å². The van der Waals surface area contributed by atoms with E-state index in [4.69, 9.17) is 4.98 Å². The molecular formula is C18H32N2O. The Morgan fingerprint density at radius 2 is 1.76 bits per heavy atom. The second-order valence-corrected chi connectivity index (χ2v) is 6.85. The topological polar surface area (TPSA) is 36.4 Å². The molecule has 3 heteroatoms. The summed E-state index contributed by atoms with van der Waals surface area (Å²) in [6.07, 6.45) is 2.39. The zero-order valence-electron chi connectivity index (χ0n) is 14.6. The fraction of sp³-hybridized carbons (Fsp3) is 0.722. The number of nitrogens with zero attached hydrogens (tertiary/aromatic N) is 2. The van der Waals surface area contributed by atoms with Crippen molar-refractivity contribution in [2.24, 2.45) is 5.92 Å². The monoisotopic (exact) mass is 292 g/mol. The third-order valence-corrected chi connectivity index (χ3v) is 4.16. The number of rotatable bonds is 7. The van der Waals surface area contributed by atoms with E-state index in [1.54, 1.807) is 0 Å². The maximum Gasteiger partial charge on any atom is 0.129 e. The van der Waals surface area contributed by atoms with Crippen molar-refractivity contribution in [3.63, 3.8) is 0 Å². The van der Waals surface area contributed by atoms with Gasteiger partial charge in [-0.1, -0.05) is 47.5 Å². The molecule has 1 aromatic rings. The normalized spacial score (nSPS) is 12.0. The fourth-order valence-corrected chi connectivity index (χ4v) is 2.45. The summed E-state index contributed by atoms with van der Waals surface area (Å²) >= 11 is 0. The Kier molecular flexibility index (Phi) is 6.66. The smallest absolute Gasteiger partial charge is 0.129 e. The quantitative estimate of drug-likeness (QED) is 0.820. The first-order valence-corrected chi connectivity index (χ1v) is 8.22. The first-order chi connectivity index (χ1) is 9.85. The molecule has 1 heterocycles. The predicted molar refractivity (Wildman–Crippen MR) is 90.8 cm³/mol. The molecule has 0 saturated heterocycles. The summed E-state index contributed by atoms with van der Waals surface area (Å²) in [5, 5.41) is 9.53. The molecule has 0 bridgehead atoms. The van der Waals surface area contributed by atoms with Gasteiger partial charge >= 0.3 is 0 Å². The minimum Gasteiger partial charge on any atom is -0.392 e. The Morgan fingerprint density at radius 1 is 1.14 bits per heavy atom. The van der Waals surface area contributed by atoms with Crippen molar-refractivity contribution in [2.45, 2.75) is 66.4 Å². The summed E-state index contributed by atoms with van der Waals surface area (Å²) in [6.45, 7) is 15.2. The van der Waals surface area contributed by atoms with Gasteiger partial charge in [0, 0.05) is 24.2 Å².